The molecular weight excluding hydrogens is 400 g/mol. The lowest BCUT2D eigenvalue weighted by Gasteiger charge is -2.36. The summed E-state index contributed by atoms with van der Waals surface area (Å²) in [6, 6.07) is 10.8. The smallest absolute Gasteiger partial charge is 0.305 e. The van der Waals surface area contributed by atoms with Gasteiger partial charge in [0.05, 0.1) is 34.3 Å². The Kier molecular flexibility index (Phi) is 7.36. The molecule has 0 radical (unpaired) electrons. The molecule has 0 bridgehead atoms. The lowest BCUT2D eigenvalue weighted by atomic mass is 9.90. The van der Waals surface area contributed by atoms with E-state index in [-0.39, 0.29) is 18.9 Å². The van der Waals surface area contributed by atoms with Crippen molar-refractivity contribution in [2.24, 2.45) is 0 Å². The molecular formula is C23H28N2O6. The van der Waals surface area contributed by atoms with Crippen LogP contribution in [0.3, 0.4) is 0 Å². The van der Waals surface area contributed by atoms with E-state index in [1.165, 1.54) is 0 Å². The normalized spacial score (nSPS) is 15.6. The maximum Gasteiger partial charge on any atom is 0.305 e. The maximum absolute atomic E-state index is 12.6. The molecule has 1 heterocycles. The van der Waals surface area contributed by atoms with Crippen LogP contribution in [0.25, 0.3) is 0 Å². The van der Waals surface area contributed by atoms with E-state index in [4.69, 9.17) is 14.2 Å². The minimum Gasteiger partial charge on any atom is -0.497 e. The number of aliphatic carboxylic acids is 1. The number of hydrogen-bond donors (Lipinski definition) is 2. The third-order valence-electron chi connectivity index (χ3n) is 5.48. The number of carboxylic acid groups (broad SMARTS) is 1. The first-order chi connectivity index (χ1) is 14.9. The molecule has 0 saturated carbocycles. The molecule has 31 heavy (non-hydrogen) atoms. The van der Waals surface area contributed by atoms with Crippen LogP contribution in [0, 0.1) is 0 Å². The molecule has 1 atom stereocenters. The molecule has 8 nitrogen and oxygen atoms in total. The van der Waals surface area contributed by atoms with E-state index in [9.17, 15) is 14.7 Å². The number of fused-ring (bicyclic) bond motifs is 1. The largest absolute Gasteiger partial charge is 0.497 e. The topological polar surface area (TPSA) is 97.3 Å². The number of carboxylic acids is 1. The Morgan fingerprint density at radius 2 is 1.74 bits per heavy atom. The van der Waals surface area contributed by atoms with Crippen molar-refractivity contribution in [2.75, 3.05) is 34.4 Å². The number of nitrogens with zero attached hydrogens (tertiary/aromatic N) is 1. The molecule has 0 spiro atoms. The van der Waals surface area contributed by atoms with Gasteiger partial charge in [-0.15, -0.1) is 0 Å². The van der Waals surface area contributed by atoms with Crippen LogP contribution in [0.5, 0.6) is 17.2 Å². The van der Waals surface area contributed by atoms with E-state index >= 15 is 0 Å². The quantitative estimate of drug-likeness (QED) is 0.633. The summed E-state index contributed by atoms with van der Waals surface area (Å²) in [4.78, 5) is 26.1. The summed E-state index contributed by atoms with van der Waals surface area (Å²) < 4.78 is 15.9. The lowest BCUT2D eigenvalue weighted by molar-refractivity contribution is -0.139. The van der Waals surface area contributed by atoms with Crippen LogP contribution < -0.4 is 19.5 Å². The fourth-order valence-electron chi connectivity index (χ4n) is 3.86. The van der Waals surface area contributed by atoms with Crippen LogP contribution >= 0.6 is 0 Å². The second kappa shape index (κ2) is 10.2. The van der Waals surface area contributed by atoms with Gasteiger partial charge in [-0.2, -0.15) is 0 Å². The molecule has 0 unspecified atom stereocenters. The highest BCUT2D eigenvalue weighted by atomic mass is 16.5. The summed E-state index contributed by atoms with van der Waals surface area (Å²) in [6.07, 6.45) is 0.589. The highest BCUT2D eigenvalue weighted by molar-refractivity contribution is 5.78. The van der Waals surface area contributed by atoms with Gasteiger partial charge in [0.2, 0.25) is 5.91 Å². The van der Waals surface area contributed by atoms with E-state index in [1.54, 1.807) is 21.3 Å². The van der Waals surface area contributed by atoms with Crippen LogP contribution in [0.15, 0.2) is 36.4 Å². The zero-order valence-corrected chi connectivity index (χ0v) is 18.0. The third kappa shape index (κ3) is 5.46. The van der Waals surface area contributed by atoms with Gasteiger partial charge in [0.25, 0.3) is 0 Å². The Morgan fingerprint density at radius 3 is 2.35 bits per heavy atom. The number of rotatable bonds is 9. The number of nitrogens with one attached hydrogen (secondary N) is 1. The van der Waals surface area contributed by atoms with Crippen LogP contribution in [0.4, 0.5) is 0 Å². The van der Waals surface area contributed by atoms with Crippen LogP contribution in [0.1, 0.15) is 29.2 Å². The van der Waals surface area contributed by atoms with Crippen molar-refractivity contribution in [3.63, 3.8) is 0 Å². The SMILES string of the molecule is COc1ccc(CNC(=O)CN2CCc3cc(OC)c(OC)cc3[C@H]2CC(=O)O)cc1. The average molecular weight is 428 g/mol. The van der Waals surface area contributed by atoms with Gasteiger partial charge < -0.3 is 24.6 Å². The van der Waals surface area contributed by atoms with Crippen molar-refractivity contribution in [3.8, 4) is 17.2 Å². The van der Waals surface area contributed by atoms with Gasteiger partial charge in [-0.05, 0) is 47.4 Å². The number of amides is 1. The zero-order valence-electron chi connectivity index (χ0n) is 18.0. The fraction of sp³-hybridized carbons (Fsp3) is 0.391. The predicted octanol–water partition coefficient (Wildman–Crippen LogP) is 2.40. The van der Waals surface area contributed by atoms with E-state index in [1.807, 2.05) is 41.3 Å². The van der Waals surface area contributed by atoms with E-state index in [2.05, 4.69) is 5.32 Å². The highest BCUT2D eigenvalue weighted by Gasteiger charge is 2.31. The van der Waals surface area contributed by atoms with Gasteiger partial charge in [0, 0.05) is 19.1 Å². The zero-order chi connectivity index (χ0) is 22.4. The molecule has 1 aliphatic heterocycles. The molecule has 2 aromatic carbocycles. The first-order valence-electron chi connectivity index (χ1n) is 10.1. The van der Waals surface area contributed by atoms with Crippen LogP contribution in [0.2, 0.25) is 0 Å². The molecule has 8 heteroatoms. The number of methoxy groups -OCH3 is 3. The molecule has 0 fully saturated rings. The Labute approximate surface area is 181 Å². The monoisotopic (exact) mass is 428 g/mol. The summed E-state index contributed by atoms with van der Waals surface area (Å²) in [5.74, 6) is 0.834. The Bertz CT molecular complexity index is 928. The van der Waals surface area contributed by atoms with Gasteiger partial charge >= 0.3 is 5.97 Å². The molecule has 2 aromatic rings. The van der Waals surface area contributed by atoms with Crippen molar-refractivity contribution < 1.29 is 28.9 Å². The number of carbonyl (C=O) groups is 2. The summed E-state index contributed by atoms with van der Waals surface area (Å²) in [6.45, 7) is 1.08. The maximum atomic E-state index is 12.6. The summed E-state index contributed by atoms with van der Waals surface area (Å²) in [5.41, 5.74) is 2.82. The number of hydrogen-bond acceptors (Lipinski definition) is 6. The van der Waals surface area contributed by atoms with Crippen molar-refractivity contribution >= 4 is 11.9 Å². The van der Waals surface area contributed by atoms with Crippen molar-refractivity contribution in [2.45, 2.75) is 25.4 Å². The summed E-state index contributed by atoms with van der Waals surface area (Å²) >= 11 is 0. The molecule has 166 valence electrons. The van der Waals surface area contributed by atoms with E-state index in [0.29, 0.717) is 31.0 Å². The molecule has 0 aromatic heterocycles. The van der Waals surface area contributed by atoms with Gasteiger partial charge in [0.1, 0.15) is 5.75 Å². The van der Waals surface area contributed by atoms with Crippen LogP contribution in [-0.2, 0) is 22.6 Å². The summed E-state index contributed by atoms with van der Waals surface area (Å²) in [5, 5.41) is 12.4. The summed E-state index contributed by atoms with van der Waals surface area (Å²) in [7, 11) is 4.72. The molecule has 0 saturated heterocycles. The standard InChI is InChI=1S/C23H28N2O6/c1-29-17-6-4-15(5-7-17)13-24-22(26)14-25-9-8-16-10-20(30-2)21(31-3)11-18(16)19(25)12-23(27)28/h4-7,10-11,19H,8-9,12-14H2,1-3H3,(H,24,26)(H,27,28)/t19-/m1/s1. The van der Waals surface area contributed by atoms with E-state index in [0.717, 1.165) is 22.4 Å². The second-order valence-corrected chi connectivity index (χ2v) is 7.36. The molecule has 1 aliphatic rings. The minimum absolute atomic E-state index is 0.103. The van der Waals surface area contributed by atoms with Crippen molar-refractivity contribution in [3.05, 3.63) is 53.1 Å². The van der Waals surface area contributed by atoms with Gasteiger partial charge in [-0.3, -0.25) is 14.5 Å². The minimum atomic E-state index is -0.920. The van der Waals surface area contributed by atoms with Crippen molar-refractivity contribution in [1.29, 1.82) is 0 Å². The van der Waals surface area contributed by atoms with E-state index < -0.39 is 12.0 Å². The lowest BCUT2D eigenvalue weighted by Crippen LogP contribution is -2.43. The number of benzene rings is 2. The van der Waals surface area contributed by atoms with Gasteiger partial charge in [-0.1, -0.05) is 12.1 Å². The molecule has 0 aliphatic carbocycles. The highest BCUT2D eigenvalue weighted by Crippen LogP contribution is 2.39. The van der Waals surface area contributed by atoms with Crippen molar-refractivity contribution in [1.82, 2.24) is 10.2 Å². The van der Waals surface area contributed by atoms with Gasteiger partial charge in [-0.25, -0.2) is 0 Å². The predicted molar refractivity (Wildman–Crippen MR) is 115 cm³/mol. The molecule has 2 N–H and O–H groups in total. The first kappa shape index (κ1) is 22.4. The Hall–Kier alpha value is -3.26. The number of ether oxygens (including phenoxy) is 3. The first-order valence-corrected chi connectivity index (χ1v) is 10.1. The average Bonchev–Trinajstić information content (AvgIpc) is 2.78. The third-order valence-corrected chi connectivity index (χ3v) is 5.48. The molecule has 1 amide bonds. The van der Waals surface area contributed by atoms with Crippen LogP contribution in [-0.4, -0.2) is 56.3 Å². The number of carbonyl (C=O) groups excluding carboxylic acids is 1. The Balaban J connectivity index is 1.72. The molecule has 3 rings (SSSR count). The van der Waals surface area contributed by atoms with Gasteiger partial charge in [0.15, 0.2) is 11.5 Å². The Morgan fingerprint density at radius 1 is 1.06 bits per heavy atom. The second-order valence-electron chi connectivity index (χ2n) is 7.36. The fourth-order valence-corrected chi connectivity index (χ4v) is 3.86.